The summed E-state index contributed by atoms with van der Waals surface area (Å²) in [7, 11) is -3.70. The number of hydrogen-bond donors (Lipinski definition) is 1. The van der Waals surface area contributed by atoms with Gasteiger partial charge in [0.25, 0.3) is 0 Å². The van der Waals surface area contributed by atoms with Crippen molar-refractivity contribution in [1.82, 2.24) is 9.62 Å². The Labute approximate surface area is 189 Å². The van der Waals surface area contributed by atoms with Gasteiger partial charge in [0, 0.05) is 18.3 Å². The van der Waals surface area contributed by atoms with Crippen LogP contribution in [0.3, 0.4) is 0 Å². The van der Waals surface area contributed by atoms with E-state index in [0.717, 1.165) is 42.7 Å². The van der Waals surface area contributed by atoms with Gasteiger partial charge in [-0.25, -0.2) is 13.2 Å². The van der Waals surface area contributed by atoms with Crippen LogP contribution in [0.1, 0.15) is 56.3 Å². The second-order valence-electron chi connectivity index (χ2n) is 8.61. The fourth-order valence-corrected chi connectivity index (χ4v) is 5.21. The lowest BCUT2D eigenvalue weighted by Crippen LogP contribution is -2.70. The van der Waals surface area contributed by atoms with Crippen LogP contribution < -0.4 is 10.2 Å². The van der Waals surface area contributed by atoms with Crippen molar-refractivity contribution in [1.29, 1.82) is 0 Å². The van der Waals surface area contributed by atoms with Gasteiger partial charge in [-0.1, -0.05) is 25.3 Å². The first kappa shape index (κ1) is 24.2. The van der Waals surface area contributed by atoms with Crippen molar-refractivity contribution in [3.05, 3.63) is 29.8 Å². The van der Waals surface area contributed by atoms with Gasteiger partial charge in [0.2, 0.25) is 21.8 Å². The lowest BCUT2D eigenvalue weighted by Gasteiger charge is -2.47. The summed E-state index contributed by atoms with van der Waals surface area (Å²) in [5, 5.41) is 3.03. The summed E-state index contributed by atoms with van der Waals surface area (Å²) in [6.45, 7) is 2.91. The van der Waals surface area contributed by atoms with Gasteiger partial charge in [-0.15, -0.1) is 0 Å². The summed E-state index contributed by atoms with van der Waals surface area (Å²) in [5.74, 6) is -1.48. The van der Waals surface area contributed by atoms with Crippen molar-refractivity contribution < 1.29 is 27.5 Å². The van der Waals surface area contributed by atoms with Crippen molar-refractivity contribution in [3.63, 3.8) is 0 Å². The van der Waals surface area contributed by atoms with Crippen molar-refractivity contribution in [2.24, 2.45) is 0 Å². The quantitative estimate of drug-likeness (QED) is 0.640. The number of nitrogens with zero attached hydrogens (tertiary/aromatic N) is 2. The summed E-state index contributed by atoms with van der Waals surface area (Å²) >= 11 is 0. The molecular formula is C22H31N3O6S. The van der Waals surface area contributed by atoms with E-state index in [9.17, 15) is 22.8 Å². The van der Waals surface area contributed by atoms with Gasteiger partial charge < -0.3 is 10.1 Å². The average molecular weight is 466 g/mol. The van der Waals surface area contributed by atoms with Crippen LogP contribution in [0, 0.1) is 0 Å². The molecule has 1 aromatic rings. The third-order valence-electron chi connectivity index (χ3n) is 6.05. The molecular weight excluding hydrogens is 434 g/mol. The van der Waals surface area contributed by atoms with Crippen LogP contribution in [-0.2, 0) is 24.3 Å². The lowest BCUT2D eigenvalue weighted by atomic mass is 9.91. The first-order valence-electron chi connectivity index (χ1n) is 10.9. The van der Waals surface area contributed by atoms with E-state index < -0.39 is 33.3 Å². The van der Waals surface area contributed by atoms with Gasteiger partial charge >= 0.3 is 5.97 Å². The molecule has 2 amide bonds. The van der Waals surface area contributed by atoms with Crippen molar-refractivity contribution >= 4 is 33.5 Å². The fourth-order valence-electron chi connectivity index (χ4n) is 4.38. The number of hydrogen-bond acceptors (Lipinski definition) is 6. The number of anilines is 1. The zero-order valence-electron chi connectivity index (χ0n) is 18.8. The van der Waals surface area contributed by atoms with Crippen LogP contribution >= 0.6 is 0 Å². The Morgan fingerprint density at radius 2 is 1.91 bits per heavy atom. The molecule has 1 saturated heterocycles. The highest BCUT2D eigenvalue weighted by atomic mass is 32.2. The normalized spacial score (nSPS) is 23.1. The molecule has 1 heterocycles. The minimum atomic E-state index is -3.70. The van der Waals surface area contributed by atoms with Crippen LogP contribution in [0.15, 0.2) is 24.3 Å². The number of carbonyl (C=O) groups excluding carboxylic acids is 3. The molecule has 2 fully saturated rings. The first-order valence-corrected chi connectivity index (χ1v) is 12.8. The number of piperazine rings is 1. The molecule has 1 N–H and O–H groups in total. The molecule has 0 aromatic heterocycles. The second kappa shape index (κ2) is 9.58. The van der Waals surface area contributed by atoms with Crippen LogP contribution in [-0.4, -0.2) is 68.0 Å². The Balaban J connectivity index is 1.99. The van der Waals surface area contributed by atoms with Crippen molar-refractivity contribution in [2.45, 2.75) is 57.5 Å². The van der Waals surface area contributed by atoms with Gasteiger partial charge in [-0.05, 0) is 44.9 Å². The van der Waals surface area contributed by atoms with Crippen molar-refractivity contribution in [2.75, 3.05) is 30.9 Å². The van der Waals surface area contributed by atoms with E-state index in [1.807, 2.05) is 0 Å². The van der Waals surface area contributed by atoms with Crippen molar-refractivity contribution in [3.8, 4) is 0 Å². The van der Waals surface area contributed by atoms with Crippen LogP contribution in [0.5, 0.6) is 0 Å². The summed E-state index contributed by atoms with van der Waals surface area (Å²) in [5.41, 5.74) is -0.893. The molecule has 1 unspecified atom stereocenters. The molecule has 1 aliphatic heterocycles. The third kappa shape index (κ3) is 5.12. The molecule has 0 bridgehead atoms. The molecule has 10 heteroatoms. The number of benzene rings is 1. The summed E-state index contributed by atoms with van der Waals surface area (Å²) in [4.78, 5) is 40.2. The first-order chi connectivity index (χ1) is 15.1. The predicted octanol–water partition coefficient (Wildman–Crippen LogP) is 1.68. The average Bonchev–Trinajstić information content (AvgIpc) is 2.73. The molecule has 2 aliphatic rings. The van der Waals surface area contributed by atoms with Crippen LogP contribution in [0.4, 0.5) is 5.69 Å². The minimum absolute atomic E-state index is 0.00972. The number of ether oxygens (including phenoxy) is 1. The van der Waals surface area contributed by atoms with Gasteiger partial charge in [0.05, 0.1) is 25.0 Å². The topological polar surface area (TPSA) is 113 Å². The molecule has 1 saturated carbocycles. The number of nitrogens with one attached hydrogen (secondary N) is 1. The molecule has 0 radical (unpaired) electrons. The Morgan fingerprint density at radius 3 is 2.53 bits per heavy atom. The Hall–Kier alpha value is -2.46. The van der Waals surface area contributed by atoms with Gasteiger partial charge in [-0.2, -0.15) is 4.31 Å². The summed E-state index contributed by atoms with van der Waals surface area (Å²) in [6.07, 6.45) is 5.88. The molecule has 9 nitrogen and oxygen atoms in total. The summed E-state index contributed by atoms with van der Waals surface area (Å²) < 4.78 is 30.6. The standard InChI is InChI=1S/C22H31N3O6S/c1-4-31-20(27)16-9-8-12-18(13-16)25-19(26)14-24(32(3,29)30)15-22(25,2)21(28)23-17-10-6-5-7-11-17/h8-9,12-13,17H,4-7,10-11,14-15H2,1-3H3,(H,23,28). The Bertz CT molecular complexity index is 989. The fraction of sp³-hybridized carbons (Fsp3) is 0.591. The van der Waals surface area contributed by atoms with Gasteiger partial charge in [0.1, 0.15) is 5.54 Å². The maximum absolute atomic E-state index is 13.5. The number of sulfonamides is 1. The van der Waals surface area contributed by atoms with E-state index in [-0.39, 0.29) is 31.3 Å². The molecule has 1 atom stereocenters. The Kier molecular flexibility index (Phi) is 7.24. The highest BCUT2D eigenvalue weighted by Gasteiger charge is 2.50. The predicted molar refractivity (Wildman–Crippen MR) is 120 cm³/mol. The number of amides is 2. The highest BCUT2D eigenvalue weighted by Crippen LogP contribution is 2.32. The summed E-state index contributed by atoms with van der Waals surface area (Å²) in [6, 6.07) is 6.29. The van der Waals surface area contributed by atoms with E-state index in [0.29, 0.717) is 5.69 Å². The molecule has 0 spiro atoms. The van der Waals surface area contributed by atoms with Gasteiger partial charge in [-0.3, -0.25) is 14.5 Å². The molecule has 3 rings (SSSR count). The zero-order valence-corrected chi connectivity index (χ0v) is 19.6. The van der Waals surface area contributed by atoms with E-state index >= 15 is 0 Å². The van der Waals surface area contributed by atoms with Gasteiger partial charge in [0.15, 0.2) is 0 Å². The van der Waals surface area contributed by atoms with E-state index in [1.54, 1.807) is 32.0 Å². The highest BCUT2D eigenvalue weighted by molar-refractivity contribution is 7.88. The largest absolute Gasteiger partial charge is 0.462 e. The molecule has 32 heavy (non-hydrogen) atoms. The molecule has 1 aliphatic carbocycles. The van der Waals surface area contributed by atoms with Crippen LogP contribution in [0.2, 0.25) is 0 Å². The van der Waals surface area contributed by atoms with E-state index in [2.05, 4.69) is 5.32 Å². The van der Waals surface area contributed by atoms with E-state index in [4.69, 9.17) is 4.74 Å². The monoisotopic (exact) mass is 465 g/mol. The van der Waals surface area contributed by atoms with Crippen LogP contribution in [0.25, 0.3) is 0 Å². The number of carbonyl (C=O) groups is 3. The lowest BCUT2D eigenvalue weighted by molar-refractivity contribution is -0.133. The maximum Gasteiger partial charge on any atom is 0.338 e. The Morgan fingerprint density at radius 1 is 1.22 bits per heavy atom. The second-order valence-corrected chi connectivity index (χ2v) is 10.6. The maximum atomic E-state index is 13.5. The SMILES string of the molecule is CCOC(=O)c1cccc(N2C(=O)CN(S(C)(=O)=O)CC2(C)C(=O)NC2CCCCC2)c1. The third-order valence-corrected chi connectivity index (χ3v) is 7.25. The smallest absolute Gasteiger partial charge is 0.338 e. The number of rotatable bonds is 6. The number of esters is 1. The minimum Gasteiger partial charge on any atom is -0.462 e. The molecule has 1 aromatic carbocycles. The molecule has 176 valence electrons. The zero-order chi connectivity index (χ0) is 23.5. The van der Waals surface area contributed by atoms with E-state index in [1.165, 1.54) is 11.0 Å².